The molecule has 110 valence electrons. The maximum atomic E-state index is 12.1. The number of nitrogens with one attached hydrogen (secondary N) is 1. The van der Waals surface area contributed by atoms with E-state index in [1.54, 1.807) is 14.1 Å². The molecule has 0 aromatic heterocycles. The monoisotopic (exact) mass is 279 g/mol. The van der Waals surface area contributed by atoms with E-state index in [1.807, 2.05) is 0 Å². The highest BCUT2D eigenvalue weighted by molar-refractivity contribution is 7.86. The van der Waals surface area contributed by atoms with Gasteiger partial charge in [-0.05, 0) is 19.4 Å². The van der Waals surface area contributed by atoms with Crippen LogP contribution in [-0.2, 0) is 10.2 Å². The highest BCUT2D eigenvalue weighted by Crippen LogP contribution is 2.06. The van der Waals surface area contributed by atoms with Crippen LogP contribution in [0.15, 0.2) is 0 Å². The molecule has 18 heavy (non-hydrogen) atoms. The van der Waals surface area contributed by atoms with Crippen LogP contribution in [0.4, 0.5) is 0 Å². The molecule has 0 bridgehead atoms. The highest BCUT2D eigenvalue weighted by Gasteiger charge is 2.22. The number of hydrogen-bond acceptors (Lipinski definition) is 3. The molecule has 0 saturated carbocycles. The predicted octanol–water partition coefficient (Wildman–Crippen LogP) is 1.28. The van der Waals surface area contributed by atoms with Gasteiger partial charge in [-0.3, -0.25) is 0 Å². The molecular weight excluding hydrogens is 250 g/mol. The second-order valence-corrected chi connectivity index (χ2v) is 7.11. The van der Waals surface area contributed by atoms with Gasteiger partial charge in [-0.15, -0.1) is 0 Å². The fourth-order valence-electron chi connectivity index (χ4n) is 1.54. The van der Waals surface area contributed by atoms with E-state index in [2.05, 4.69) is 26.1 Å². The predicted molar refractivity (Wildman–Crippen MR) is 76.8 cm³/mol. The molecule has 0 aliphatic carbocycles. The van der Waals surface area contributed by atoms with Gasteiger partial charge in [0.1, 0.15) is 0 Å². The van der Waals surface area contributed by atoms with Crippen LogP contribution in [0.5, 0.6) is 0 Å². The summed E-state index contributed by atoms with van der Waals surface area (Å²) in [4.78, 5) is 0. The molecule has 0 atom stereocenters. The Balaban J connectivity index is 4.09. The van der Waals surface area contributed by atoms with Gasteiger partial charge in [-0.1, -0.05) is 27.2 Å². The van der Waals surface area contributed by atoms with Crippen molar-refractivity contribution in [3.05, 3.63) is 0 Å². The molecule has 0 radical (unpaired) electrons. The molecule has 0 aliphatic heterocycles. The molecular formula is C12H29N3O2S. The van der Waals surface area contributed by atoms with Crippen molar-refractivity contribution in [1.82, 2.24) is 13.9 Å². The van der Waals surface area contributed by atoms with E-state index in [0.29, 0.717) is 19.1 Å². The van der Waals surface area contributed by atoms with Crippen LogP contribution < -0.4 is 5.32 Å². The zero-order valence-electron chi connectivity index (χ0n) is 12.4. The lowest BCUT2D eigenvalue weighted by atomic mass is 10.3. The summed E-state index contributed by atoms with van der Waals surface area (Å²) in [7, 11) is 0.0196. The van der Waals surface area contributed by atoms with Gasteiger partial charge in [0.2, 0.25) is 0 Å². The van der Waals surface area contributed by atoms with E-state index < -0.39 is 10.2 Å². The minimum absolute atomic E-state index is 0.444. The lowest BCUT2D eigenvalue weighted by Gasteiger charge is -2.24. The average molecular weight is 279 g/mol. The standard InChI is InChI=1S/C12H29N3O2S/c1-6-7-10-14(4)18(16,17)15(5)11-8-9-13-12(2)3/h12-13H,6-11H2,1-5H3. The second kappa shape index (κ2) is 8.85. The van der Waals surface area contributed by atoms with Crippen LogP contribution in [0.25, 0.3) is 0 Å². The van der Waals surface area contributed by atoms with E-state index in [1.165, 1.54) is 8.61 Å². The summed E-state index contributed by atoms with van der Waals surface area (Å²) in [5.74, 6) is 0. The van der Waals surface area contributed by atoms with Gasteiger partial charge in [0.25, 0.3) is 10.2 Å². The Morgan fingerprint density at radius 2 is 1.56 bits per heavy atom. The Bertz CT molecular complexity index is 304. The summed E-state index contributed by atoms with van der Waals surface area (Å²) in [5, 5.41) is 3.28. The van der Waals surface area contributed by atoms with Gasteiger partial charge in [0, 0.05) is 33.2 Å². The van der Waals surface area contributed by atoms with Crippen molar-refractivity contribution in [2.24, 2.45) is 0 Å². The molecule has 0 heterocycles. The van der Waals surface area contributed by atoms with Gasteiger partial charge in [-0.2, -0.15) is 17.0 Å². The number of hydrogen-bond donors (Lipinski definition) is 1. The van der Waals surface area contributed by atoms with Crippen molar-refractivity contribution >= 4 is 10.2 Å². The summed E-state index contributed by atoms with van der Waals surface area (Å²) in [6.07, 6.45) is 2.73. The van der Waals surface area contributed by atoms with Gasteiger partial charge in [0.05, 0.1) is 0 Å². The Morgan fingerprint density at radius 3 is 2.00 bits per heavy atom. The molecule has 0 unspecified atom stereocenters. The number of rotatable bonds is 10. The first-order valence-corrected chi connectivity index (χ1v) is 8.13. The van der Waals surface area contributed by atoms with Crippen LogP contribution >= 0.6 is 0 Å². The third-order valence-electron chi connectivity index (χ3n) is 2.82. The Hall–Kier alpha value is -0.170. The largest absolute Gasteiger partial charge is 0.314 e. The van der Waals surface area contributed by atoms with Crippen molar-refractivity contribution in [2.45, 2.75) is 46.1 Å². The first kappa shape index (κ1) is 17.8. The van der Waals surface area contributed by atoms with Crippen LogP contribution in [0.2, 0.25) is 0 Å². The van der Waals surface area contributed by atoms with Crippen molar-refractivity contribution < 1.29 is 8.42 Å². The Labute approximate surface area is 113 Å². The number of nitrogens with zero attached hydrogens (tertiary/aromatic N) is 2. The summed E-state index contributed by atoms with van der Waals surface area (Å²) < 4.78 is 27.1. The van der Waals surface area contributed by atoms with Crippen LogP contribution in [0, 0.1) is 0 Å². The normalized spacial score (nSPS) is 12.9. The zero-order chi connectivity index (χ0) is 14.2. The van der Waals surface area contributed by atoms with Crippen LogP contribution in [-0.4, -0.2) is 56.8 Å². The van der Waals surface area contributed by atoms with Crippen molar-refractivity contribution in [3.8, 4) is 0 Å². The lowest BCUT2D eigenvalue weighted by molar-refractivity contribution is 0.381. The first-order chi connectivity index (χ1) is 8.32. The summed E-state index contributed by atoms with van der Waals surface area (Å²) >= 11 is 0. The molecule has 0 rings (SSSR count). The fourth-order valence-corrected chi connectivity index (χ4v) is 2.74. The van der Waals surface area contributed by atoms with E-state index in [9.17, 15) is 8.42 Å². The molecule has 0 aromatic carbocycles. The van der Waals surface area contributed by atoms with Crippen LogP contribution in [0.3, 0.4) is 0 Å². The zero-order valence-corrected chi connectivity index (χ0v) is 13.3. The smallest absolute Gasteiger partial charge is 0.281 e. The van der Waals surface area contributed by atoms with Gasteiger partial charge in [-0.25, -0.2) is 0 Å². The first-order valence-electron chi connectivity index (χ1n) is 6.73. The number of unbranched alkanes of at least 4 members (excludes halogenated alkanes) is 1. The highest BCUT2D eigenvalue weighted by atomic mass is 32.2. The molecule has 5 nitrogen and oxygen atoms in total. The Morgan fingerprint density at radius 1 is 1.06 bits per heavy atom. The fraction of sp³-hybridized carbons (Fsp3) is 1.00. The maximum absolute atomic E-state index is 12.1. The molecule has 0 aliphatic rings. The van der Waals surface area contributed by atoms with E-state index in [-0.39, 0.29) is 0 Å². The quantitative estimate of drug-likeness (QED) is 0.613. The summed E-state index contributed by atoms with van der Waals surface area (Å²) in [6.45, 7) is 8.21. The minimum atomic E-state index is -3.27. The molecule has 0 spiro atoms. The molecule has 0 amide bonds. The molecule has 0 saturated heterocycles. The van der Waals surface area contributed by atoms with Gasteiger partial charge < -0.3 is 5.32 Å². The van der Waals surface area contributed by atoms with E-state index in [0.717, 1.165) is 25.8 Å². The van der Waals surface area contributed by atoms with E-state index in [4.69, 9.17) is 0 Å². The maximum Gasteiger partial charge on any atom is 0.281 e. The van der Waals surface area contributed by atoms with Crippen LogP contribution in [0.1, 0.15) is 40.0 Å². The third-order valence-corrected chi connectivity index (χ3v) is 4.76. The van der Waals surface area contributed by atoms with Crippen molar-refractivity contribution in [1.29, 1.82) is 0 Å². The van der Waals surface area contributed by atoms with E-state index >= 15 is 0 Å². The second-order valence-electron chi connectivity index (χ2n) is 4.97. The van der Waals surface area contributed by atoms with Crippen molar-refractivity contribution in [2.75, 3.05) is 33.7 Å². The molecule has 1 N–H and O–H groups in total. The topological polar surface area (TPSA) is 52.7 Å². The summed E-state index contributed by atoms with van der Waals surface area (Å²) in [5.41, 5.74) is 0. The molecule has 0 fully saturated rings. The van der Waals surface area contributed by atoms with Gasteiger partial charge in [0.15, 0.2) is 0 Å². The SMILES string of the molecule is CCCCN(C)S(=O)(=O)N(C)CCCNC(C)C. The minimum Gasteiger partial charge on any atom is -0.314 e. The summed E-state index contributed by atoms with van der Waals surface area (Å²) in [6, 6.07) is 0.444. The van der Waals surface area contributed by atoms with Gasteiger partial charge >= 0.3 is 0 Å². The average Bonchev–Trinajstić information content (AvgIpc) is 2.30. The Kier molecular flexibility index (Phi) is 8.77. The lowest BCUT2D eigenvalue weighted by Crippen LogP contribution is -2.41. The van der Waals surface area contributed by atoms with Crippen molar-refractivity contribution in [3.63, 3.8) is 0 Å². The third kappa shape index (κ3) is 6.68. The molecule has 6 heteroatoms. The molecule has 0 aromatic rings.